The molecule has 12 heteroatoms. The van der Waals surface area contributed by atoms with E-state index < -0.39 is 0 Å². The summed E-state index contributed by atoms with van der Waals surface area (Å²) in [6, 6.07) is 5.69. The minimum Gasteiger partial charge on any atom is -0.497 e. The number of rotatable bonds is 17. The van der Waals surface area contributed by atoms with Crippen LogP contribution in [0.1, 0.15) is 18.4 Å². The van der Waals surface area contributed by atoms with Gasteiger partial charge in [-0.05, 0) is 30.5 Å². The lowest BCUT2D eigenvalue weighted by molar-refractivity contribution is 0.0547. The number of anilines is 3. The summed E-state index contributed by atoms with van der Waals surface area (Å²) in [6.07, 6.45) is 2.27. The van der Waals surface area contributed by atoms with Crippen LogP contribution in [-0.4, -0.2) is 87.9 Å². The van der Waals surface area contributed by atoms with Gasteiger partial charge in [-0.15, -0.1) is 0 Å². The highest BCUT2D eigenvalue weighted by Gasteiger charge is 2.16. The Hall–Kier alpha value is -2.93. The van der Waals surface area contributed by atoms with E-state index in [0.29, 0.717) is 82.0 Å². The van der Waals surface area contributed by atoms with Gasteiger partial charge in [-0.1, -0.05) is 0 Å². The van der Waals surface area contributed by atoms with Crippen LogP contribution >= 0.6 is 0 Å². The summed E-state index contributed by atoms with van der Waals surface area (Å²) >= 11 is 0. The van der Waals surface area contributed by atoms with Gasteiger partial charge in [0.05, 0.1) is 46.8 Å². The van der Waals surface area contributed by atoms with Crippen LogP contribution in [0.25, 0.3) is 0 Å². The van der Waals surface area contributed by atoms with E-state index in [1.807, 2.05) is 18.2 Å². The van der Waals surface area contributed by atoms with Gasteiger partial charge in [-0.3, -0.25) is 0 Å². The fourth-order valence-electron chi connectivity index (χ4n) is 3.41. The second-order valence-corrected chi connectivity index (χ2v) is 7.84. The van der Waals surface area contributed by atoms with Crippen LogP contribution in [0.5, 0.6) is 11.5 Å². The highest BCUT2D eigenvalue weighted by molar-refractivity contribution is 5.44. The van der Waals surface area contributed by atoms with Crippen molar-refractivity contribution in [2.75, 3.05) is 82.8 Å². The topological polar surface area (TPSA) is 147 Å². The fourth-order valence-corrected chi connectivity index (χ4v) is 3.41. The maximum atomic E-state index is 5.69. The Bertz CT molecular complexity index is 861. The predicted molar refractivity (Wildman–Crippen MR) is 133 cm³/mol. The van der Waals surface area contributed by atoms with Gasteiger partial charge >= 0.3 is 0 Å². The first-order valence-electron chi connectivity index (χ1n) is 11.9. The average molecular weight is 492 g/mol. The second kappa shape index (κ2) is 15.1. The summed E-state index contributed by atoms with van der Waals surface area (Å²) in [5.74, 6) is 2.79. The Labute approximate surface area is 206 Å². The van der Waals surface area contributed by atoms with E-state index in [4.69, 9.17) is 29.4 Å². The van der Waals surface area contributed by atoms with Gasteiger partial charge in [0, 0.05) is 38.9 Å². The molecule has 2 aromatic rings. The molecule has 1 fully saturated rings. The van der Waals surface area contributed by atoms with E-state index in [9.17, 15) is 0 Å². The van der Waals surface area contributed by atoms with Crippen molar-refractivity contribution in [3.63, 3.8) is 0 Å². The standard InChI is InChI=1S/C23H37N7O5/c1-31-19-12-17(13-20(14-19)32-2)15-26-22-28-21(25-6-9-34-11-10-33-8-5-24)29-23(30-22)27-16-18-4-3-7-35-18/h12-14,18H,3-11,15-16,24H2,1-2H3,(H3,25,26,27,28,29,30). The number of benzene rings is 1. The molecule has 1 aromatic carbocycles. The molecule has 5 N–H and O–H groups in total. The normalized spacial score (nSPS) is 15.1. The van der Waals surface area contributed by atoms with Crippen LogP contribution in [0.15, 0.2) is 18.2 Å². The molecule has 1 aliphatic heterocycles. The molecule has 0 bridgehead atoms. The molecule has 3 rings (SSSR count). The molecule has 1 saturated heterocycles. The number of hydrogen-bond acceptors (Lipinski definition) is 12. The van der Waals surface area contributed by atoms with Crippen molar-refractivity contribution in [3.05, 3.63) is 23.8 Å². The Balaban J connectivity index is 1.58. The molecule has 1 unspecified atom stereocenters. The molecule has 12 nitrogen and oxygen atoms in total. The summed E-state index contributed by atoms with van der Waals surface area (Å²) in [4.78, 5) is 13.5. The van der Waals surface area contributed by atoms with Gasteiger partial charge < -0.3 is 45.4 Å². The average Bonchev–Trinajstić information content (AvgIpc) is 3.41. The lowest BCUT2D eigenvalue weighted by Crippen LogP contribution is -2.21. The number of hydrogen-bond donors (Lipinski definition) is 4. The quantitative estimate of drug-likeness (QED) is 0.238. The zero-order valence-corrected chi connectivity index (χ0v) is 20.5. The predicted octanol–water partition coefficient (Wildman–Crippen LogP) is 1.50. The molecular formula is C23H37N7O5. The van der Waals surface area contributed by atoms with Crippen LogP contribution in [0.4, 0.5) is 17.8 Å². The lowest BCUT2D eigenvalue weighted by Gasteiger charge is -2.14. The molecule has 0 radical (unpaired) electrons. The summed E-state index contributed by atoms with van der Waals surface area (Å²) in [5.41, 5.74) is 6.36. The van der Waals surface area contributed by atoms with Gasteiger partial charge in [-0.2, -0.15) is 15.0 Å². The number of methoxy groups -OCH3 is 2. The van der Waals surface area contributed by atoms with Gasteiger partial charge in [0.2, 0.25) is 17.8 Å². The maximum absolute atomic E-state index is 5.69. The summed E-state index contributed by atoms with van der Waals surface area (Å²) < 4.78 is 27.2. The smallest absolute Gasteiger partial charge is 0.229 e. The third-order valence-electron chi connectivity index (χ3n) is 5.17. The van der Waals surface area contributed by atoms with Gasteiger partial charge in [0.25, 0.3) is 0 Å². The Kier molecular flexibility index (Phi) is 11.5. The highest BCUT2D eigenvalue weighted by Crippen LogP contribution is 2.23. The summed E-state index contributed by atoms with van der Waals surface area (Å²) in [6.45, 7) is 5.01. The van der Waals surface area contributed by atoms with E-state index in [0.717, 1.165) is 25.0 Å². The molecule has 0 saturated carbocycles. The third-order valence-corrected chi connectivity index (χ3v) is 5.17. The number of aromatic nitrogens is 3. The van der Waals surface area contributed by atoms with E-state index in [-0.39, 0.29) is 6.10 Å². The van der Waals surface area contributed by atoms with Gasteiger partial charge in [0.1, 0.15) is 11.5 Å². The first-order valence-corrected chi connectivity index (χ1v) is 11.9. The van der Waals surface area contributed by atoms with E-state index >= 15 is 0 Å². The molecular weight excluding hydrogens is 454 g/mol. The van der Waals surface area contributed by atoms with E-state index in [1.165, 1.54) is 0 Å². The van der Waals surface area contributed by atoms with E-state index in [1.54, 1.807) is 14.2 Å². The van der Waals surface area contributed by atoms with Crippen LogP contribution in [0.2, 0.25) is 0 Å². The molecule has 1 atom stereocenters. The number of nitrogens with two attached hydrogens (primary N) is 1. The second-order valence-electron chi connectivity index (χ2n) is 7.84. The van der Waals surface area contributed by atoms with Crippen LogP contribution < -0.4 is 31.2 Å². The summed E-state index contributed by atoms with van der Waals surface area (Å²) in [5, 5.41) is 9.72. The molecule has 0 spiro atoms. The SMILES string of the molecule is COc1cc(CNc2nc(NCCOCCOCCN)nc(NCC3CCCO3)n2)cc(OC)c1. The molecule has 1 aliphatic rings. The molecule has 0 amide bonds. The molecule has 194 valence electrons. The van der Waals surface area contributed by atoms with Gasteiger partial charge in [0.15, 0.2) is 0 Å². The largest absolute Gasteiger partial charge is 0.497 e. The first-order chi connectivity index (χ1) is 17.2. The number of ether oxygens (including phenoxy) is 5. The summed E-state index contributed by atoms with van der Waals surface area (Å²) in [7, 11) is 3.25. The zero-order valence-electron chi connectivity index (χ0n) is 20.5. The molecule has 1 aromatic heterocycles. The molecule has 0 aliphatic carbocycles. The van der Waals surface area contributed by atoms with Crippen molar-refractivity contribution < 1.29 is 23.7 Å². The fraction of sp³-hybridized carbons (Fsp3) is 0.609. The lowest BCUT2D eigenvalue weighted by atomic mass is 10.2. The van der Waals surface area contributed by atoms with Crippen molar-refractivity contribution in [2.45, 2.75) is 25.5 Å². The Morgan fingerprint density at radius 1 is 0.886 bits per heavy atom. The van der Waals surface area contributed by atoms with Crippen LogP contribution in [0, 0.1) is 0 Å². The van der Waals surface area contributed by atoms with Crippen molar-refractivity contribution >= 4 is 17.8 Å². The third kappa shape index (κ3) is 9.68. The first kappa shape index (κ1) is 26.7. The van der Waals surface area contributed by atoms with Crippen molar-refractivity contribution in [2.24, 2.45) is 5.73 Å². The van der Waals surface area contributed by atoms with Crippen LogP contribution in [-0.2, 0) is 20.8 Å². The molecule has 35 heavy (non-hydrogen) atoms. The Morgan fingerprint density at radius 3 is 2.17 bits per heavy atom. The highest BCUT2D eigenvalue weighted by atomic mass is 16.5. The minimum atomic E-state index is 0.165. The van der Waals surface area contributed by atoms with Gasteiger partial charge in [-0.25, -0.2) is 0 Å². The van der Waals surface area contributed by atoms with Crippen molar-refractivity contribution in [1.82, 2.24) is 15.0 Å². The maximum Gasteiger partial charge on any atom is 0.229 e. The zero-order chi connectivity index (χ0) is 24.7. The van der Waals surface area contributed by atoms with Crippen molar-refractivity contribution in [3.8, 4) is 11.5 Å². The van der Waals surface area contributed by atoms with E-state index in [2.05, 4.69) is 30.9 Å². The Morgan fingerprint density at radius 2 is 1.54 bits per heavy atom. The molecule has 2 heterocycles. The number of nitrogens with one attached hydrogen (secondary N) is 3. The minimum absolute atomic E-state index is 0.165. The monoisotopic (exact) mass is 491 g/mol. The van der Waals surface area contributed by atoms with Crippen molar-refractivity contribution in [1.29, 1.82) is 0 Å². The number of nitrogens with zero attached hydrogens (tertiary/aromatic N) is 3. The van der Waals surface area contributed by atoms with Crippen LogP contribution in [0.3, 0.4) is 0 Å².